The summed E-state index contributed by atoms with van der Waals surface area (Å²) in [6.45, 7) is 2.25. The average molecular weight is 310 g/mol. The van der Waals surface area contributed by atoms with Crippen molar-refractivity contribution in [1.29, 1.82) is 0 Å². The lowest BCUT2D eigenvalue weighted by molar-refractivity contribution is 0.0688. The van der Waals surface area contributed by atoms with E-state index in [1.54, 1.807) is 19.4 Å². The molecule has 21 heavy (non-hydrogen) atoms. The number of hydrogen-bond donors (Lipinski definition) is 2. The molecule has 0 atom stereocenters. The molecule has 2 rings (SSSR count). The summed E-state index contributed by atoms with van der Waals surface area (Å²) < 4.78 is 10.2. The highest BCUT2D eigenvalue weighted by molar-refractivity contribution is 7.21. The van der Waals surface area contributed by atoms with Crippen molar-refractivity contribution in [3.05, 3.63) is 17.1 Å². The summed E-state index contributed by atoms with van der Waals surface area (Å²) in [5.41, 5.74) is 6.43. The summed E-state index contributed by atoms with van der Waals surface area (Å²) in [5.74, 6) is -0.188. The molecule has 2 aromatic rings. The van der Waals surface area contributed by atoms with Gasteiger partial charge in [-0.25, -0.2) is 0 Å². The Balaban J connectivity index is 1.81. The second kappa shape index (κ2) is 7.87. The first kappa shape index (κ1) is 15.6. The first-order valence-electron chi connectivity index (χ1n) is 6.58. The Bertz CT molecular complexity index is 602. The molecule has 114 valence electrons. The van der Waals surface area contributed by atoms with E-state index in [1.165, 1.54) is 11.3 Å². The molecule has 0 radical (unpaired) electrons. The number of nitrogens with two attached hydrogens (primary N) is 1. The van der Waals surface area contributed by atoms with Crippen LogP contribution in [0.5, 0.6) is 0 Å². The van der Waals surface area contributed by atoms with Crippen LogP contribution in [0.25, 0.3) is 10.2 Å². The Morgan fingerprint density at radius 1 is 1.43 bits per heavy atom. The van der Waals surface area contributed by atoms with Gasteiger partial charge in [0.2, 0.25) is 0 Å². The fourth-order valence-corrected chi connectivity index (χ4v) is 2.70. The number of methoxy groups -OCH3 is 1. The molecule has 7 nitrogen and oxygen atoms in total. The molecule has 8 heteroatoms. The van der Waals surface area contributed by atoms with Crippen molar-refractivity contribution in [3.8, 4) is 0 Å². The zero-order valence-corrected chi connectivity index (χ0v) is 12.6. The first-order chi connectivity index (χ1) is 10.2. The topological polar surface area (TPSA) is 99.4 Å². The Hall–Kier alpha value is -1.77. The standard InChI is InChI=1S/C13H18N4O3S/c1-19-7-8-20-6-2-4-15-12(18)11-10(14)9-3-5-16-17-13(9)21-11/h3,5H,2,4,6-8,14H2,1H3,(H,15,18). The second-order valence-electron chi connectivity index (χ2n) is 4.31. The Labute approximate surface area is 126 Å². The maximum Gasteiger partial charge on any atom is 0.263 e. The van der Waals surface area contributed by atoms with Gasteiger partial charge in [-0.05, 0) is 12.5 Å². The Morgan fingerprint density at radius 2 is 2.29 bits per heavy atom. The number of amides is 1. The van der Waals surface area contributed by atoms with Gasteiger partial charge in [0, 0.05) is 25.6 Å². The van der Waals surface area contributed by atoms with Gasteiger partial charge in [-0.2, -0.15) is 5.10 Å². The number of ether oxygens (including phenoxy) is 2. The lowest BCUT2D eigenvalue weighted by Crippen LogP contribution is -2.25. The van der Waals surface area contributed by atoms with E-state index in [1.807, 2.05) is 0 Å². The summed E-state index contributed by atoms with van der Waals surface area (Å²) in [4.78, 5) is 13.2. The van der Waals surface area contributed by atoms with Crippen LogP contribution in [-0.4, -0.2) is 49.6 Å². The number of nitrogens with zero attached hydrogens (tertiary/aromatic N) is 2. The van der Waals surface area contributed by atoms with Crippen LogP contribution in [0.3, 0.4) is 0 Å². The smallest absolute Gasteiger partial charge is 0.263 e. The predicted octanol–water partition coefficient (Wildman–Crippen LogP) is 1.06. The van der Waals surface area contributed by atoms with E-state index < -0.39 is 0 Å². The highest BCUT2D eigenvalue weighted by atomic mass is 32.1. The molecule has 0 aliphatic carbocycles. The molecule has 0 fully saturated rings. The van der Waals surface area contributed by atoms with Gasteiger partial charge in [-0.3, -0.25) is 4.79 Å². The van der Waals surface area contributed by atoms with Gasteiger partial charge >= 0.3 is 0 Å². The number of anilines is 1. The van der Waals surface area contributed by atoms with E-state index in [4.69, 9.17) is 15.2 Å². The molecule has 0 unspecified atom stereocenters. The van der Waals surface area contributed by atoms with Crippen LogP contribution in [0.4, 0.5) is 5.69 Å². The van der Waals surface area contributed by atoms with E-state index in [0.29, 0.717) is 41.8 Å². The number of thiophene rings is 1. The van der Waals surface area contributed by atoms with Gasteiger partial charge in [0.15, 0.2) is 0 Å². The highest BCUT2D eigenvalue weighted by Crippen LogP contribution is 2.31. The van der Waals surface area contributed by atoms with Crippen LogP contribution in [0.1, 0.15) is 16.1 Å². The number of carbonyl (C=O) groups excluding carboxylic acids is 1. The zero-order chi connectivity index (χ0) is 15.1. The molecule has 0 saturated heterocycles. The molecule has 1 amide bonds. The molecule has 3 N–H and O–H groups in total. The van der Waals surface area contributed by atoms with Gasteiger partial charge < -0.3 is 20.5 Å². The number of rotatable bonds is 8. The van der Waals surface area contributed by atoms with Gasteiger partial charge in [-0.15, -0.1) is 16.4 Å². The molecule has 0 aliphatic heterocycles. The van der Waals surface area contributed by atoms with Crippen molar-refractivity contribution < 1.29 is 14.3 Å². The summed E-state index contributed by atoms with van der Waals surface area (Å²) in [6.07, 6.45) is 2.30. The average Bonchev–Trinajstić information content (AvgIpc) is 2.84. The number of nitrogens with one attached hydrogen (secondary N) is 1. The van der Waals surface area contributed by atoms with E-state index >= 15 is 0 Å². The van der Waals surface area contributed by atoms with Crippen LogP contribution in [0.15, 0.2) is 12.3 Å². The lowest BCUT2D eigenvalue weighted by atomic mass is 10.3. The minimum atomic E-state index is -0.188. The summed E-state index contributed by atoms with van der Waals surface area (Å²) >= 11 is 1.25. The number of hydrogen-bond acceptors (Lipinski definition) is 7. The third-order valence-electron chi connectivity index (χ3n) is 2.81. The molecule has 0 spiro atoms. The van der Waals surface area contributed by atoms with Crippen LogP contribution < -0.4 is 11.1 Å². The van der Waals surface area contributed by atoms with Gasteiger partial charge in [0.25, 0.3) is 5.91 Å². The van der Waals surface area contributed by atoms with Crippen molar-refractivity contribution in [2.75, 3.05) is 39.2 Å². The zero-order valence-electron chi connectivity index (χ0n) is 11.8. The largest absolute Gasteiger partial charge is 0.397 e. The molecule has 0 aromatic carbocycles. The lowest BCUT2D eigenvalue weighted by Gasteiger charge is -2.05. The number of aromatic nitrogens is 2. The van der Waals surface area contributed by atoms with Crippen molar-refractivity contribution >= 4 is 33.1 Å². The third kappa shape index (κ3) is 4.10. The van der Waals surface area contributed by atoms with Crippen LogP contribution >= 0.6 is 11.3 Å². The van der Waals surface area contributed by atoms with Crippen molar-refractivity contribution in [2.24, 2.45) is 0 Å². The van der Waals surface area contributed by atoms with Crippen LogP contribution in [-0.2, 0) is 9.47 Å². The summed E-state index contributed by atoms with van der Waals surface area (Å²) in [6, 6.07) is 1.76. The Morgan fingerprint density at radius 3 is 3.05 bits per heavy atom. The normalized spacial score (nSPS) is 10.9. The van der Waals surface area contributed by atoms with E-state index in [2.05, 4.69) is 15.5 Å². The fraction of sp³-hybridized carbons (Fsp3) is 0.462. The van der Waals surface area contributed by atoms with Crippen molar-refractivity contribution in [3.63, 3.8) is 0 Å². The van der Waals surface area contributed by atoms with Crippen LogP contribution in [0, 0.1) is 0 Å². The Kier molecular flexibility index (Phi) is 5.85. The summed E-state index contributed by atoms with van der Waals surface area (Å²) in [7, 11) is 1.63. The SMILES string of the molecule is COCCOCCCNC(=O)c1sc2nnccc2c1N. The maximum absolute atomic E-state index is 12.1. The molecule has 2 heterocycles. The monoisotopic (exact) mass is 310 g/mol. The quantitative estimate of drug-likeness (QED) is 0.707. The van der Waals surface area contributed by atoms with Gasteiger partial charge in [0.1, 0.15) is 9.71 Å². The highest BCUT2D eigenvalue weighted by Gasteiger charge is 2.16. The van der Waals surface area contributed by atoms with Gasteiger partial charge in [0.05, 0.1) is 25.1 Å². The van der Waals surface area contributed by atoms with E-state index in [0.717, 1.165) is 11.8 Å². The minimum Gasteiger partial charge on any atom is -0.397 e. The molecule has 0 bridgehead atoms. The van der Waals surface area contributed by atoms with E-state index in [9.17, 15) is 4.79 Å². The van der Waals surface area contributed by atoms with Crippen molar-refractivity contribution in [1.82, 2.24) is 15.5 Å². The molecular weight excluding hydrogens is 292 g/mol. The first-order valence-corrected chi connectivity index (χ1v) is 7.40. The molecular formula is C13H18N4O3S. The predicted molar refractivity (Wildman–Crippen MR) is 81.5 cm³/mol. The second-order valence-corrected chi connectivity index (χ2v) is 5.31. The van der Waals surface area contributed by atoms with E-state index in [-0.39, 0.29) is 5.91 Å². The van der Waals surface area contributed by atoms with Crippen molar-refractivity contribution in [2.45, 2.75) is 6.42 Å². The van der Waals surface area contributed by atoms with Gasteiger partial charge in [-0.1, -0.05) is 0 Å². The minimum absolute atomic E-state index is 0.188. The third-order valence-corrected chi connectivity index (χ3v) is 3.91. The summed E-state index contributed by atoms with van der Waals surface area (Å²) in [5, 5.41) is 11.3. The molecule has 0 saturated carbocycles. The molecule has 2 aromatic heterocycles. The number of fused-ring (bicyclic) bond motifs is 1. The fourth-order valence-electron chi connectivity index (χ4n) is 1.74. The maximum atomic E-state index is 12.1. The number of carbonyl (C=O) groups is 1. The van der Waals surface area contributed by atoms with Crippen LogP contribution in [0.2, 0.25) is 0 Å². The number of nitrogen functional groups attached to an aromatic ring is 1. The molecule has 0 aliphatic rings.